The lowest BCUT2D eigenvalue weighted by Gasteiger charge is -2.00. The standard InChI is InChI=1S/C8H12O5.CH4/c1-6(9)5-13-8(11)4-3-7(10)12-2;/h3-5H2,1-2H3;1H4. The molecule has 0 aromatic heterocycles. The van der Waals surface area contributed by atoms with Crippen molar-refractivity contribution in [2.45, 2.75) is 27.2 Å². The maximum atomic E-state index is 10.8. The van der Waals surface area contributed by atoms with E-state index >= 15 is 0 Å². The Morgan fingerprint density at radius 1 is 1.07 bits per heavy atom. The van der Waals surface area contributed by atoms with Gasteiger partial charge in [0.2, 0.25) is 0 Å². The molecular formula is C9H16O5. The molecule has 0 N–H and O–H groups in total. The van der Waals surface area contributed by atoms with Crippen LogP contribution in [0, 0.1) is 0 Å². The van der Waals surface area contributed by atoms with Gasteiger partial charge >= 0.3 is 11.9 Å². The van der Waals surface area contributed by atoms with E-state index in [1.165, 1.54) is 14.0 Å². The first-order chi connectivity index (χ1) is 6.06. The van der Waals surface area contributed by atoms with Crippen LogP contribution in [0.15, 0.2) is 0 Å². The summed E-state index contributed by atoms with van der Waals surface area (Å²) in [7, 11) is 1.24. The van der Waals surface area contributed by atoms with E-state index in [4.69, 9.17) is 0 Å². The predicted octanol–water partition coefficient (Wildman–Crippen LogP) is 0.708. The Bertz CT molecular complexity index is 209. The predicted molar refractivity (Wildman–Crippen MR) is 49.6 cm³/mol. The molecule has 0 aliphatic carbocycles. The first-order valence-electron chi connectivity index (χ1n) is 3.78. The number of carbonyl (C=O) groups is 3. The summed E-state index contributed by atoms with van der Waals surface area (Å²) in [4.78, 5) is 31.7. The summed E-state index contributed by atoms with van der Waals surface area (Å²) in [6.07, 6.45) is -0.0762. The van der Waals surface area contributed by atoms with Crippen molar-refractivity contribution < 1.29 is 23.9 Å². The Balaban J connectivity index is 0. The van der Waals surface area contributed by atoms with Gasteiger partial charge in [-0.05, 0) is 6.92 Å². The summed E-state index contributed by atoms with van der Waals surface area (Å²) >= 11 is 0. The fraction of sp³-hybridized carbons (Fsp3) is 0.667. The molecule has 0 heterocycles. The number of esters is 2. The van der Waals surface area contributed by atoms with E-state index in [0.29, 0.717) is 0 Å². The second-order valence-corrected chi connectivity index (χ2v) is 2.44. The van der Waals surface area contributed by atoms with Crippen LogP contribution in [0.2, 0.25) is 0 Å². The molecule has 0 aromatic rings. The Morgan fingerprint density at radius 2 is 1.57 bits per heavy atom. The van der Waals surface area contributed by atoms with Crippen LogP contribution in [-0.2, 0) is 23.9 Å². The van der Waals surface area contributed by atoms with E-state index in [0.717, 1.165) is 0 Å². The molecule has 0 atom stereocenters. The molecule has 0 unspecified atom stereocenters. The molecule has 0 spiro atoms. The van der Waals surface area contributed by atoms with Crippen molar-refractivity contribution in [2.75, 3.05) is 13.7 Å². The van der Waals surface area contributed by atoms with Crippen molar-refractivity contribution in [3.63, 3.8) is 0 Å². The number of ether oxygens (including phenoxy) is 2. The normalized spacial score (nSPS) is 8.43. The first-order valence-corrected chi connectivity index (χ1v) is 3.78. The molecule has 0 fully saturated rings. The molecule has 5 heteroatoms. The van der Waals surface area contributed by atoms with Crippen LogP contribution in [0.4, 0.5) is 0 Å². The van der Waals surface area contributed by atoms with Crippen molar-refractivity contribution >= 4 is 17.7 Å². The van der Waals surface area contributed by atoms with E-state index in [2.05, 4.69) is 9.47 Å². The van der Waals surface area contributed by atoms with E-state index < -0.39 is 11.9 Å². The van der Waals surface area contributed by atoms with Crippen LogP contribution < -0.4 is 0 Å². The van der Waals surface area contributed by atoms with Crippen LogP contribution in [0.1, 0.15) is 27.2 Å². The summed E-state index contributed by atoms with van der Waals surface area (Å²) in [5.41, 5.74) is 0. The third-order valence-electron chi connectivity index (χ3n) is 1.20. The van der Waals surface area contributed by atoms with Gasteiger partial charge in [-0.15, -0.1) is 0 Å². The van der Waals surface area contributed by atoms with Crippen molar-refractivity contribution in [1.82, 2.24) is 0 Å². The lowest BCUT2D eigenvalue weighted by Crippen LogP contribution is -2.12. The molecule has 0 amide bonds. The maximum Gasteiger partial charge on any atom is 0.306 e. The molecule has 0 aliphatic rings. The third-order valence-corrected chi connectivity index (χ3v) is 1.20. The fourth-order valence-electron chi connectivity index (χ4n) is 0.560. The molecule has 5 nitrogen and oxygen atoms in total. The zero-order valence-electron chi connectivity index (χ0n) is 7.66. The van der Waals surface area contributed by atoms with Gasteiger partial charge in [0.25, 0.3) is 0 Å². The minimum absolute atomic E-state index is 0. The zero-order chi connectivity index (χ0) is 10.3. The van der Waals surface area contributed by atoms with Gasteiger partial charge in [0.15, 0.2) is 5.78 Å². The first kappa shape index (κ1) is 15.1. The average Bonchev–Trinajstić information content (AvgIpc) is 2.10. The van der Waals surface area contributed by atoms with E-state index in [1.807, 2.05) is 0 Å². The number of methoxy groups -OCH3 is 1. The van der Waals surface area contributed by atoms with Crippen LogP contribution in [0.3, 0.4) is 0 Å². The third kappa shape index (κ3) is 8.70. The quantitative estimate of drug-likeness (QED) is 0.617. The number of ketones is 1. The van der Waals surface area contributed by atoms with Crippen molar-refractivity contribution in [1.29, 1.82) is 0 Å². The van der Waals surface area contributed by atoms with Gasteiger partial charge in [0.1, 0.15) is 6.61 Å². The minimum Gasteiger partial charge on any atom is -0.469 e. The molecule has 0 rings (SSSR count). The largest absolute Gasteiger partial charge is 0.469 e. The van der Waals surface area contributed by atoms with Gasteiger partial charge in [-0.3, -0.25) is 14.4 Å². The maximum absolute atomic E-state index is 10.8. The fourth-order valence-corrected chi connectivity index (χ4v) is 0.560. The minimum atomic E-state index is -0.569. The summed E-state index contributed by atoms with van der Waals surface area (Å²) in [5, 5.41) is 0. The number of Topliss-reactive ketones (excluding diaryl/α,β-unsaturated/α-hetero) is 1. The van der Waals surface area contributed by atoms with E-state index in [1.54, 1.807) is 0 Å². The summed E-state index contributed by atoms with van der Waals surface area (Å²) in [6.45, 7) is 1.08. The Hall–Kier alpha value is -1.39. The van der Waals surface area contributed by atoms with Crippen molar-refractivity contribution in [3.05, 3.63) is 0 Å². The second-order valence-electron chi connectivity index (χ2n) is 2.44. The van der Waals surface area contributed by atoms with Gasteiger partial charge in [-0.25, -0.2) is 0 Å². The molecule has 0 saturated carbocycles. The van der Waals surface area contributed by atoms with Crippen molar-refractivity contribution in [2.24, 2.45) is 0 Å². The highest BCUT2D eigenvalue weighted by molar-refractivity contribution is 5.81. The molecule has 0 bridgehead atoms. The molecule has 82 valence electrons. The highest BCUT2D eigenvalue weighted by Crippen LogP contribution is 1.94. The molecular weight excluding hydrogens is 188 g/mol. The van der Waals surface area contributed by atoms with Crippen LogP contribution in [-0.4, -0.2) is 31.4 Å². The zero-order valence-corrected chi connectivity index (χ0v) is 7.66. The lowest BCUT2D eigenvalue weighted by molar-refractivity contribution is -0.150. The van der Waals surface area contributed by atoms with E-state index in [-0.39, 0.29) is 32.7 Å². The van der Waals surface area contributed by atoms with Crippen LogP contribution in [0.25, 0.3) is 0 Å². The molecule has 0 radical (unpaired) electrons. The SMILES string of the molecule is C.COC(=O)CCC(=O)OCC(C)=O. The van der Waals surface area contributed by atoms with Gasteiger partial charge < -0.3 is 9.47 Å². The summed E-state index contributed by atoms with van der Waals surface area (Å²) < 4.78 is 8.81. The Morgan fingerprint density at radius 3 is 2.00 bits per heavy atom. The smallest absolute Gasteiger partial charge is 0.306 e. The molecule has 0 aromatic carbocycles. The second kappa shape index (κ2) is 8.22. The van der Waals surface area contributed by atoms with Gasteiger partial charge in [0.05, 0.1) is 20.0 Å². The summed E-state index contributed by atoms with van der Waals surface area (Å²) in [6, 6.07) is 0. The molecule has 14 heavy (non-hydrogen) atoms. The van der Waals surface area contributed by atoms with Gasteiger partial charge in [0, 0.05) is 0 Å². The van der Waals surface area contributed by atoms with Gasteiger partial charge in [-0.1, -0.05) is 7.43 Å². The lowest BCUT2D eigenvalue weighted by atomic mass is 10.3. The summed E-state index contributed by atoms with van der Waals surface area (Å²) in [5.74, 6) is -1.27. The average molecular weight is 204 g/mol. The number of hydrogen-bond donors (Lipinski definition) is 0. The monoisotopic (exact) mass is 204 g/mol. The van der Waals surface area contributed by atoms with Crippen LogP contribution >= 0.6 is 0 Å². The van der Waals surface area contributed by atoms with Crippen LogP contribution in [0.5, 0.6) is 0 Å². The molecule has 0 aliphatic heterocycles. The van der Waals surface area contributed by atoms with Gasteiger partial charge in [-0.2, -0.15) is 0 Å². The van der Waals surface area contributed by atoms with E-state index in [9.17, 15) is 14.4 Å². The number of hydrogen-bond acceptors (Lipinski definition) is 5. The highest BCUT2D eigenvalue weighted by atomic mass is 16.5. The topological polar surface area (TPSA) is 69.7 Å². The molecule has 0 saturated heterocycles. The number of rotatable bonds is 5. The number of carbonyl (C=O) groups excluding carboxylic acids is 3. The van der Waals surface area contributed by atoms with Crippen molar-refractivity contribution in [3.8, 4) is 0 Å². The highest BCUT2D eigenvalue weighted by Gasteiger charge is 2.08. The Labute approximate surface area is 83.4 Å². The Kier molecular flexibility index (Phi) is 8.86.